The number of oxazole rings is 1. The summed E-state index contributed by atoms with van der Waals surface area (Å²) in [5.74, 6) is 2.29. The third-order valence-corrected chi connectivity index (χ3v) is 4.90. The van der Waals surface area contributed by atoms with E-state index < -0.39 is 0 Å². The van der Waals surface area contributed by atoms with Crippen LogP contribution in [0.15, 0.2) is 22.6 Å². The highest BCUT2D eigenvalue weighted by atomic mass is 16.6. The molecular formula is C18H24N6O3. The third kappa shape index (κ3) is 3.96. The van der Waals surface area contributed by atoms with Gasteiger partial charge in [-0.05, 0) is 54.7 Å². The monoisotopic (exact) mass is 372 g/mol. The van der Waals surface area contributed by atoms with E-state index in [1.54, 1.807) is 4.68 Å². The normalized spacial score (nSPS) is 15.4. The van der Waals surface area contributed by atoms with Crippen LogP contribution in [-0.4, -0.2) is 51.5 Å². The minimum atomic E-state index is 0.300. The van der Waals surface area contributed by atoms with Crippen molar-refractivity contribution in [2.75, 3.05) is 31.2 Å². The second kappa shape index (κ2) is 7.81. The Hall–Kier alpha value is -2.84. The third-order valence-electron chi connectivity index (χ3n) is 4.90. The molecule has 0 spiro atoms. The number of ether oxygens (including phenoxy) is 2. The minimum Gasteiger partial charge on any atom is -0.493 e. The molecule has 0 radical (unpaired) electrons. The molecule has 144 valence electrons. The molecule has 1 aromatic carbocycles. The molecule has 0 saturated carbocycles. The molecule has 1 saturated heterocycles. The first-order valence-corrected chi connectivity index (χ1v) is 9.36. The number of benzene rings is 1. The summed E-state index contributed by atoms with van der Waals surface area (Å²) in [4.78, 5) is 6.51. The SMILES string of the molecule is CCOc1nc2ccc(OCCC3CCN(c4nnnn4C)CC3)cc2o1. The van der Waals surface area contributed by atoms with Gasteiger partial charge in [0.05, 0.1) is 13.2 Å². The van der Waals surface area contributed by atoms with Crippen LogP contribution < -0.4 is 14.4 Å². The van der Waals surface area contributed by atoms with E-state index in [2.05, 4.69) is 25.4 Å². The predicted molar refractivity (Wildman–Crippen MR) is 99.0 cm³/mol. The van der Waals surface area contributed by atoms with Crippen molar-refractivity contribution in [2.24, 2.45) is 13.0 Å². The lowest BCUT2D eigenvalue weighted by atomic mass is 9.94. The van der Waals surface area contributed by atoms with Gasteiger partial charge in [-0.1, -0.05) is 5.10 Å². The molecule has 0 bridgehead atoms. The van der Waals surface area contributed by atoms with Crippen LogP contribution in [0.2, 0.25) is 0 Å². The molecule has 1 fully saturated rings. The summed E-state index contributed by atoms with van der Waals surface area (Å²) in [6.45, 7) is 5.07. The van der Waals surface area contributed by atoms with Crippen molar-refractivity contribution in [3.8, 4) is 11.8 Å². The van der Waals surface area contributed by atoms with E-state index in [1.807, 2.05) is 32.2 Å². The van der Waals surface area contributed by atoms with Gasteiger partial charge >= 0.3 is 6.08 Å². The van der Waals surface area contributed by atoms with Crippen LogP contribution in [0.5, 0.6) is 11.8 Å². The minimum absolute atomic E-state index is 0.300. The summed E-state index contributed by atoms with van der Waals surface area (Å²) in [5, 5.41) is 11.7. The predicted octanol–water partition coefficient (Wildman–Crippen LogP) is 2.44. The number of hydrogen-bond acceptors (Lipinski definition) is 8. The van der Waals surface area contributed by atoms with E-state index in [0.29, 0.717) is 30.8 Å². The number of fused-ring (bicyclic) bond motifs is 1. The quantitative estimate of drug-likeness (QED) is 0.624. The lowest BCUT2D eigenvalue weighted by molar-refractivity contribution is 0.250. The Morgan fingerprint density at radius 1 is 1.22 bits per heavy atom. The van der Waals surface area contributed by atoms with Gasteiger partial charge in [-0.3, -0.25) is 0 Å². The van der Waals surface area contributed by atoms with E-state index in [9.17, 15) is 0 Å². The van der Waals surface area contributed by atoms with Gasteiger partial charge in [-0.2, -0.15) is 4.98 Å². The Bertz CT molecular complexity index is 884. The summed E-state index contributed by atoms with van der Waals surface area (Å²) < 4.78 is 18.5. The van der Waals surface area contributed by atoms with Gasteiger partial charge in [0.1, 0.15) is 11.3 Å². The van der Waals surface area contributed by atoms with Gasteiger partial charge in [0, 0.05) is 26.2 Å². The summed E-state index contributed by atoms with van der Waals surface area (Å²) in [7, 11) is 1.87. The second-order valence-electron chi connectivity index (χ2n) is 6.71. The average Bonchev–Trinajstić information content (AvgIpc) is 3.28. The van der Waals surface area contributed by atoms with Crippen LogP contribution >= 0.6 is 0 Å². The molecule has 4 rings (SSSR count). The maximum Gasteiger partial charge on any atom is 0.394 e. The van der Waals surface area contributed by atoms with Crippen molar-refractivity contribution in [1.82, 2.24) is 25.2 Å². The molecule has 27 heavy (non-hydrogen) atoms. The molecule has 0 amide bonds. The van der Waals surface area contributed by atoms with Crippen LogP contribution in [0.4, 0.5) is 5.95 Å². The first-order chi connectivity index (χ1) is 13.2. The van der Waals surface area contributed by atoms with E-state index in [4.69, 9.17) is 13.9 Å². The van der Waals surface area contributed by atoms with Crippen molar-refractivity contribution in [1.29, 1.82) is 0 Å². The van der Waals surface area contributed by atoms with Crippen molar-refractivity contribution in [3.05, 3.63) is 18.2 Å². The van der Waals surface area contributed by atoms with Crippen molar-refractivity contribution < 1.29 is 13.9 Å². The van der Waals surface area contributed by atoms with Gasteiger partial charge in [0.25, 0.3) is 0 Å². The highest BCUT2D eigenvalue weighted by Crippen LogP contribution is 2.26. The zero-order chi connectivity index (χ0) is 18.6. The van der Waals surface area contributed by atoms with E-state index in [-0.39, 0.29) is 0 Å². The van der Waals surface area contributed by atoms with E-state index in [0.717, 1.165) is 49.6 Å². The lowest BCUT2D eigenvalue weighted by Crippen LogP contribution is -2.35. The Balaban J connectivity index is 1.25. The number of rotatable bonds is 7. The topological polar surface area (TPSA) is 91.3 Å². The first kappa shape index (κ1) is 17.6. The lowest BCUT2D eigenvalue weighted by Gasteiger charge is -2.31. The molecule has 9 nitrogen and oxygen atoms in total. The van der Waals surface area contributed by atoms with E-state index >= 15 is 0 Å². The largest absolute Gasteiger partial charge is 0.493 e. The van der Waals surface area contributed by atoms with Crippen LogP contribution in [0, 0.1) is 5.92 Å². The number of aryl methyl sites for hydroxylation is 1. The molecule has 1 aliphatic rings. The smallest absolute Gasteiger partial charge is 0.394 e. The number of nitrogens with zero attached hydrogens (tertiary/aromatic N) is 6. The number of tetrazole rings is 1. The van der Waals surface area contributed by atoms with E-state index in [1.165, 1.54) is 0 Å². The fraction of sp³-hybridized carbons (Fsp3) is 0.556. The molecule has 0 aliphatic carbocycles. The van der Waals surface area contributed by atoms with Crippen LogP contribution in [-0.2, 0) is 7.05 Å². The highest BCUT2D eigenvalue weighted by molar-refractivity contribution is 5.74. The maximum absolute atomic E-state index is 5.93. The molecule has 0 unspecified atom stereocenters. The molecule has 0 atom stereocenters. The second-order valence-corrected chi connectivity index (χ2v) is 6.71. The standard InChI is InChI=1S/C18H24N6O3/c1-3-25-18-19-15-5-4-14(12-16(15)27-18)26-11-8-13-6-9-24(10-7-13)17-20-21-22-23(17)2/h4-5,12-13H,3,6-11H2,1-2H3. The molecule has 3 heterocycles. The summed E-state index contributed by atoms with van der Waals surface area (Å²) in [6.07, 6.45) is 3.57. The zero-order valence-corrected chi connectivity index (χ0v) is 15.7. The summed E-state index contributed by atoms with van der Waals surface area (Å²) >= 11 is 0. The molecule has 1 aliphatic heterocycles. The Labute approximate surface area is 157 Å². The zero-order valence-electron chi connectivity index (χ0n) is 15.7. The van der Waals surface area contributed by atoms with Crippen molar-refractivity contribution >= 4 is 17.0 Å². The summed E-state index contributed by atoms with van der Waals surface area (Å²) in [6, 6.07) is 5.68. The fourth-order valence-electron chi connectivity index (χ4n) is 3.42. The Kier molecular flexibility index (Phi) is 5.08. The summed E-state index contributed by atoms with van der Waals surface area (Å²) in [5.41, 5.74) is 1.46. The van der Waals surface area contributed by atoms with Crippen molar-refractivity contribution in [2.45, 2.75) is 26.2 Å². The van der Waals surface area contributed by atoms with Gasteiger partial charge in [-0.25, -0.2) is 4.68 Å². The van der Waals surface area contributed by atoms with Crippen LogP contribution in [0.25, 0.3) is 11.1 Å². The first-order valence-electron chi connectivity index (χ1n) is 9.36. The Morgan fingerprint density at radius 3 is 2.81 bits per heavy atom. The fourth-order valence-corrected chi connectivity index (χ4v) is 3.42. The van der Waals surface area contributed by atoms with Crippen LogP contribution in [0.3, 0.4) is 0 Å². The highest BCUT2D eigenvalue weighted by Gasteiger charge is 2.22. The molecule has 9 heteroatoms. The number of hydrogen-bond donors (Lipinski definition) is 0. The van der Waals surface area contributed by atoms with Crippen LogP contribution in [0.1, 0.15) is 26.2 Å². The van der Waals surface area contributed by atoms with Gasteiger partial charge in [0.15, 0.2) is 5.58 Å². The Morgan fingerprint density at radius 2 is 2.07 bits per heavy atom. The van der Waals surface area contributed by atoms with Crippen molar-refractivity contribution in [3.63, 3.8) is 0 Å². The number of anilines is 1. The average molecular weight is 372 g/mol. The number of piperidine rings is 1. The van der Waals surface area contributed by atoms with Gasteiger partial charge in [-0.15, -0.1) is 0 Å². The molecule has 0 N–H and O–H groups in total. The van der Waals surface area contributed by atoms with Gasteiger partial charge < -0.3 is 18.8 Å². The van der Waals surface area contributed by atoms with Gasteiger partial charge in [0.2, 0.25) is 5.95 Å². The maximum atomic E-state index is 5.93. The molecule has 2 aromatic heterocycles. The number of aromatic nitrogens is 5. The molecule has 3 aromatic rings. The molecular weight excluding hydrogens is 348 g/mol.